The van der Waals surface area contributed by atoms with E-state index in [2.05, 4.69) is 10.6 Å². The van der Waals surface area contributed by atoms with Crippen LogP contribution in [-0.2, 0) is 4.79 Å². The largest absolute Gasteiger partial charge is 0.355 e. The quantitative estimate of drug-likeness (QED) is 0.793. The third-order valence-electron chi connectivity index (χ3n) is 3.29. The van der Waals surface area contributed by atoms with Gasteiger partial charge in [-0.05, 0) is 42.6 Å². The highest BCUT2D eigenvalue weighted by Crippen LogP contribution is 2.48. The number of nitrogens with one attached hydrogen (secondary N) is 2. The van der Waals surface area contributed by atoms with E-state index in [4.69, 9.17) is 23.2 Å². The second kappa shape index (κ2) is 6.60. The maximum Gasteiger partial charge on any atom is 0.223 e. The summed E-state index contributed by atoms with van der Waals surface area (Å²) in [6.45, 7) is 4.44. The van der Waals surface area contributed by atoms with Crippen LogP contribution in [0.25, 0.3) is 0 Å². The summed E-state index contributed by atoms with van der Waals surface area (Å²) in [6.07, 6.45) is 0.879. The Morgan fingerprint density at radius 2 is 1.95 bits per heavy atom. The van der Waals surface area contributed by atoms with E-state index in [1.165, 1.54) is 0 Å². The number of halogens is 2. The van der Waals surface area contributed by atoms with Crippen LogP contribution >= 0.6 is 23.2 Å². The van der Waals surface area contributed by atoms with Crippen LogP contribution in [0.3, 0.4) is 0 Å². The molecule has 0 saturated heterocycles. The van der Waals surface area contributed by atoms with Crippen molar-refractivity contribution in [3.05, 3.63) is 33.8 Å². The van der Waals surface area contributed by atoms with Crippen LogP contribution in [0.5, 0.6) is 0 Å². The van der Waals surface area contributed by atoms with Crippen LogP contribution in [0, 0.1) is 5.92 Å². The number of rotatable bonds is 6. The van der Waals surface area contributed by atoms with Crippen molar-refractivity contribution in [2.45, 2.75) is 19.3 Å². The standard InChI is InChI=1S/C14H18Cl2N2O/c1-2-17-3-4-18-14(19)13-8-12(13)9-5-10(15)7-11(16)6-9/h5-7,12-13,17H,2-4,8H2,1H3,(H,18,19). The minimum Gasteiger partial charge on any atom is -0.355 e. The van der Waals surface area contributed by atoms with E-state index in [-0.39, 0.29) is 17.7 Å². The fourth-order valence-corrected chi connectivity index (χ4v) is 2.77. The summed E-state index contributed by atoms with van der Waals surface area (Å²) < 4.78 is 0. The van der Waals surface area contributed by atoms with Gasteiger partial charge < -0.3 is 10.6 Å². The molecule has 0 aliphatic heterocycles. The van der Waals surface area contributed by atoms with Gasteiger partial charge >= 0.3 is 0 Å². The molecule has 0 spiro atoms. The SMILES string of the molecule is CCNCCNC(=O)C1CC1c1cc(Cl)cc(Cl)c1. The first-order valence-corrected chi connectivity index (χ1v) is 7.32. The Hall–Kier alpha value is -0.770. The van der Waals surface area contributed by atoms with Crippen molar-refractivity contribution in [2.24, 2.45) is 5.92 Å². The van der Waals surface area contributed by atoms with Gasteiger partial charge in [-0.2, -0.15) is 0 Å². The monoisotopic (exact) mass is 300 g/mol. The third kappa shape index (κ3) is 4.10. The van der Waals surface area contributed by atoms with Gasteiger partial charge in [0.15, 0.2) is 0 Å². The number of hydrogen-bond donors (Lipinski definition) is 2. The number of carbonyl (C=O) groups is 1. The molecule has 5 heteroatoms. The zero-order valence-electron chi connectivity index (χ0n) is 10.9. The van der Waals surface area contributed by atoms with Crippen molar-refractivity contribution in [2.75, 3.05) is 19.6 Å². The number of benzene rings is 1. The van der Waals surface area contributed by atoms with Gasteiger partial charge in [-0.1, -0.05) is 30.1 Å². The lowest BCUT2D eigenvalue weighted by Gasteiger charge is -2.06. The summed E-state index contributed by atoms with van der Waals surface area (Å²) in [4.78, 5) is 11.9. The lowest BCUT2D eigenvalue weighted by Crippen LogP contribution is -2.32. The first-order valence-electron chi connectivity index (χ1n) is 6.56. The van der Waals surface area contributed by atoms with Crippen LogP contribution in [0.4, 0.5) is 0 Å². The van der Waals surface area contributed by atoms with E-state index in [0.717, 1.165) is 25.1 Å². The molecule has 0 radical (unpaired) electrons. The van der Waals surface area contributed by atoms with Crippen LogP contribution in [0.2, 0.25) is 10.0 Å². The molecule has 3 nitrogen and oxygen atoms in total. The Balaban J connectivity index is 1.84. The molecule has 1 aromatic rings. The van der Waals surface area contributed by atoms with E-state index < -0.39 is 0 Å². The smallest absolute Gasteiger partial charge is 0.223 e. The van der Waals surface area contributed by atoms with Gasteiger partial charge in [0.25, 0.3) is 0 Å². The van der Waals surface area contributed by atoms with E-state index >= 15 is 0 Å². The molecule has 1 aliphatic carbocycles. The molecule has 19 heavy (non-hydrogen) atoms. The Bertz CT molecular complexity index is 445. The molecule has 0 bridgehead atoms. The Morgan fingerprint density at radius 1 is 1.26 bits per heavy atom. The number of carbonyl (C=O) groups excluding carboxylic acids is 1. The van der Waals surface area contributed by atoms with Gasteiger partial charge in [-0.15, -0.1) is 0 Å². The van der Waals surface area contributed by atoms with E-state index in [0.29, 0.717) is 16.6 Å². The van der Waals surface area contributed by atoms with Crippen molar-refractivity contribution in [1.82, 2.24) is 10.6 Å². The van der Waals surface area contributed by atoms with E-state index in [1.807, 2.05) is 19.1 Å². The molecule has 1 amide bonds. The van der Waals surface area contributed by atoms with E-state index in [9.17, 15) is 4.79 Å². The third-order valence-corrected chi connectivity index (χ3v) is 3.73. The van der Waals surface area contributed by atoms with Gasteiger partial charge in [0.05, 0.1) is 0 Å². The van der Waals surface area contributed by atoms with Crippen molar-refractivity contribution in [3.8, 4) is 0 Å². The number of likely N-dealkylation sites (N-methyl/N-ethyl adjacent to an activating group) is 1. The van der Waals surface area contributed by atoms with Gasteiger partial charge in [0, 0.05) is 29.1 Å². The van der Waals surface area contributed by atoms with Gasteiger partial charge in [0.1, 0.15) is 0 Å². The van der Waals surface area contributed by atoms with Crippen LogP contribution in [0.15, 0.2) is 18.2 Å². The minimum absolute atomic E-state index is 0.0659. The molecule has 104 valence electrons. The van der Waals surface area contributed by atoms with E-state index in [1.54, 1.807) is 6.07 Å². The lowest BCUT2D eigenvalue weighted by atomic mass is 10.1. The molecule has 1 aliphatic rings. The molecule has 0 aromatic heterocycles. The fourth-order valence-electron chi connectivity index (χ4n) is 2.22. The summed E-state index contributed by atoms with van der Waals surface area (Å²) in [5.74, 6) is 0.450. The highest BCUT2D eigenvalue weighted by Gasteiger charge is 2.43. The molecular formula is C14H18Cl2N2O. The minimum atomic E-state index is 0.0659. The summed E-state index contributed by atoms with van der Waals surface area (Å²) in [5.41, 5.74) is 1.06. The van der Waals surface area contributed by atoms with Crippen LogP contribution in [-0.4, -0.2) is 25.5 Å². The first-order chi connectivity index (χ1) is 9.11. The molecule has 2 unspecified atom stereocenters. The highest BCUT2D eigenvalue weighted by molar-refractivity contribution is 6.34. The summed E-state index contributed by atoms with van der Waals surface area (Å²) >= 11 is 11.9. The molecule has 0 heterocycles. The zero-order valence-corrected chi connectivity index (χ0v) is 12.4. The molecule has 1 saturated carbocycles. The second-order valence-corrected chi connectivity index (χ2v) is 5.67. The number of amides is 1. The lowest BCUT2D eigenvalue weighted by molar-refractivity contribution is -0.122. The zero-order chi connectivity index (χ0) is 13.8. The first kappa shape index (κ1) is 14.6. The Morgan fingerprint density at radius 3 is 2.58 bits per heavy atom. The number of hydrogen-bond acceptors (Lipinski definition) is 2. The Kier molecular flexibility index (Phi) is 5.08. The maximum atomic E-state index is 11.9. The van der Waals surface area contributed by atoms with Crippen LogP contribution < -0.4 is 10.6 Å². The molecule has 2 atom stereocenters. The summed E-state index contributed by atoms with van der Waals surface area (Å²) in [6, 6.07) is 5.49. The van der Waals surface area contributed by atoms with Crippen molar-refractivity contribution < 1.29 is 4.79 Å². The molecule has 1 aromatic carbocycles. The fraction of sp³-hybridized carbons (Fsp3) is 0.500. The summed E-state index contributed by atoms with van der Waals surface area (Å²) in [5, 5.41) is 7.36. The predicted octanol–water partition coefficient (Wildman–Crippen LogP) is 2.82. The van der Waals surface area contributed by atoms with Crippen molar-refractivity contribution in [3.63, 3.8) is 0 Å². The average Bonchev–Trinajstić information content (AvgIpc) is 3.13. The molecular weight excluding hydrogens is 283 g/mol. The molecule has 1 fully saturated rings. The Labute approximate surface area is 123 Å². The van der Waals surface area contributed by atoms with Gasteiger partial charge in [-0.25, -0.2) is 0 Å². The highest BCUT2D eigenvalue weighted by atomic mass is 35.5. The van der Waals surface area contributed by atoms with Gasteiger partial charge in [0.2, 0.25) is 5.91 Å². The maximum absolute atomic E-state index is 11.9. The van der Waals surface area contributed by atoms with Crippen LogP contribution in [0.1, 0.15) is 24.8 Å². The average molecular weight is 301 g/mol. The second-order valence-electron chi connectivity index (χ2n) is 4.80. The van der Waals surface area contributed by atoms with Crippen molar-refractivity contribution >= 4 is 29.1 Å². The molecule has 2 N–H and O–H groups in total. The molecule has 2 rings (SSSR count). The summed E-state index contributed by atoms with van der Waals surface area (Å²) in [7, 11) is 0. The predicted molar refractivity (Wildman–Crippen MR) is 78.9 cm³/mol. The van der Waals surface area contributed by atoms with Gasteiger partial charge in [-0.3, -0.25) is 4.79 Å². The van der Waals surface area contributed by atoms with Crippen molar-refractivity contribution in [1.29, 1.82) is 0 Å². The topological polar surface area (TPSA) is 41.1 Å². The normalized spacial score (nSPS) is 21.2.